The normalized spacial score (nSPS) is 14.0. The number of carbonyl (C=O) groups is 2. The summed E-state index contributed by atoms with van der Waals surface area (Å²) >= 11 is 0. The number of carbonyl (C=O) groups excluding carboxylic acids is 2. The molecule has 2 aromatic rings. The van der Waals surface area contributed by atoms with E-state index in [2.05, 4.69) is 0 Å². The van der Waals surface area contributed by atoms with Crippen LogP contribution >= 0.6 is 0 Å². The number of amides is 1. The van der Waals surface area contributed by atoms with E-state index >= 15 is 0 Å². The molecule has 0 spiro atoms. The number of hydrogen-bond donors (Lipinski definition) is 0. The second-order valence-corrected chi connectivity index (χ2v) is 6.67. The van der Waals surface area contributed by atoms with Crippen LogP contribution in [0.15, 0.2) is 54.6 Å². The number of ether oxygens (including phenoxy) is 2. The minimum Gasteiger partial charge on any atom is -0.458 e. The molecule has 0 fully saturated rings. The largest absolute Gasteiger partial charge is 0.458 e. The van der Waals surface area contributed by atoms with Gasteiger partial charge in [-0.2, -0.15) is 0 Å². The zero-order valence-corrected chi connectivity index (χ0v) is 15.1. The number of nitrogens with zero attached hydrogens (tertiary/aromatic N) is 1. The van der Waals surface area contributed by atoms with Crippen LogP contribution in [-0.4, -0.2) is 24.7 Å². The molecule has 1 atom stereocenters. The summed E-state index contributed by atoms with van der Waals surface area (Å²) in [6, 6.07) is 17.2. The van der Waals surface area contributed by atoms with Crippen molar-refractivity contribution in [3.63, 3.8) is 0 Å². The molecule has 5 heteroatoms. The molecule has 0 saturated carbocycles. The molecule has 5 nitrogen and oxygen atoms in total. The highest BCUT2D eigenvalue weighted by Crippen LogP contribution is 2.28. The Balaban J connectivity index is 1.63. The van der Waals surface area contributed by atoms with Gasteiger partial charge in [0.15, 0.2) is 0 Å². The number of fused-ring (bicyclic) bond motifs is 1. The number of anilines is 1. The third-order valence-electron chi connectivity index (χ3n) is 4.40. The molecule has 26 heavy (non-hydrogen) atoms. The number of benzene rings is 2. The lowest BCUT2D eigenvalue weighted by Crippen LogP contribution is -2.39. The van der Waals surface area contributed by atoms with Gasteiger partial charge in [0.2, 0.25) is 6.10 Å². The lowest BCUT2D eigenvalue weighted by atomic mass is 10.1. The number of rotatable bonds is 5. The first-order valence-electron chi connectivity index (χ1n) is 8.83. The number of hydrogen-bond acceptors (Lipinski definition) is 4. The van der Waals surface area contributed by atoms with Gasteiger partial charge in [0.1, 0.15) is 6.61 Å². The van der Waals surface area contributed by atoms with E-state index in [4.69, 9.17) is 9.47 Å². The van der Waals surface area contributed by atoms with Crippen molar-refractivity contribution in [2.24, 2.45) is 5.92 Å². The third-order valence-corrected chi connectivity index (χ3v) is 4.40. The minimum atomic E-state index is -0.932. The Bertz CT molecular complexity index is 773. The lowest BCUT2D eigenvalue weighted by molar-refractivity contribution is -0.157. The molecule has 1 unspecified atom stereocenters. The van der Waals surface area contributed by atoms with E-state index in [1.165, 1.54) is 0 Å². The summed E-state index contributed by atoms with van der Waals surface area (Å²) in [7, 11) is 0. The Kier molecular flexibility index (Phi) is 5.56. The van der Waals surface area contributed by atoms with E-state index in [-0.39, 0.29) is 12.5 Å². The van der Waals surface area contributed by atoms with Crippen molar-refractivity contribution in [1.29, 1.82) is 0 Å². The smallest absolute Gasteiger partial charge is 0.415 e. The van der Waals surface area contributed by atoms with Crippen LogP contribution < -0.4 is 4.90 Å². The minimum absolute atomic E-state index is 0.160. The highest BCUT2D eigenvalue weighted by Gasteiger charge is 2.32. The highest BCUT2D eigenvalue weighted by atomic mass is 16.6. The summed E-state index contributed by atoms with van der Waals surface area (Å²) in [6.07, 6.45) is -0.653. The van der Waals surface area contributed by atoms with E-state index in [0.717, 1.165) is 23.2 Å². The molecule has 1 amide bonds. The summed E-state index contributed by atoms with van der Waals surface area (Å²) < 4.78 is 10.9. The predicted octanol–water partition coefficient (Wildman–Crippen LogP) is 3.95. The highest BCUT2D eigenvalue weighted by molar-refractivity contribution is 5.92. The monoisotopic (exact) mass is 353 g/mol. The van der Waals surface area contributed by atoms with Crippen LogP contribution in [0.4, 0.5) is 10.5 Å². The number of para-hydroxylation sites is 1. The fraction of sp³-hybridized carbons (Fsp3) is 0.333. The van der Waals surface area contributed by atoms with Crippen molar-refractivity contribution in [3.8, 4) is 0 Å². The van der Waals surface area contributed by atoms with Crippen LogP contribution in [0, 0.1) is 5.92 Å². The first kappa shape index (κ1) is 18.0. The van der Waals surface area contributed by atoms with Crippen molar-refractivity contribution in [2.75, 3.05) is 11.4 Å². The maximum Gasteiger partial charge on any atom is 0.415 e. The van der Waals surface area contributed by atoms with Gasteiger partial charge in [-0.25, -0.2) is 9.59 Å². The van der Waals surface area contributed by atoms with Gasteiger partial charge in [0, 0.05) is 12.5 Å². The molecule has 0 radical (unpaired) electrons. The summed E-state index contributed by atoms with van der Waals surface area (Å²) in [5.41, 5.74) is 2.85. The Morgan fingerprint density at radius 2 is 1.73 bits per heavy atom. The molecule has 0 aromatic heterocycles. The quantitative estimate of drug-likeness (QED) is 0.764. The van der Waals surface area contributed by atoms with E-state index in [0.29, 0.717) is 6.54 Å². The van der Waals surface area contributed by atoms with Crippen molar-refractivity contribution < 1.29 is 19.1 Å². The molecule has 1 heterocycles. The molecule has 0 aliphatic carbocycles. The maximum atomic E-state index is 12.6. The van der Waals surface area contributed by atoms with Gasteiger partial charge in [0.25, 0.3) is 0 Å². The molecule has 0 saturated heterocycles. The molecule has 3 rings (SSSR count). The Morgan fingerprint density at radius 3 is 2.46 bits per heavy atom. The first-order valence-corrected chi connectivity index (χ1v) is 8.83. The van der Waals surface area contributed by atoms with E-state index < -0.39 is 18.2 Å². The lowest BCUT2D eigenvalue weighted by Gasteiger charge is -2.24. The molecular weight excluding hydrogens is 330 g/mol. The fourth-order valence-electron chi connectivity index (χ4n) is 2.97. The Morgan fingerprint density at radius 1 is 1.04 bits per heavy atom. The summed E-state index contributed by atoms with van der Waals surface area (Å²) in [4.78, 5) is 26.6. The van der Waals surface area contributed by atoms with E-state index in [1.807, 2.05) is 68.4 Å². The van der Waals surface area contributed by atoms with Crippen LogP contribution in [0.5, 0.6) is 0 Å². The average molecular weight is 353 g/mol. The maximum absolute atomic E-state index is 12.6. The SMILES string of the molecule is CC(C)C(OC(=O)N1CCc2ccccc21)C(=O)OCc1ccccc1. The van der Waals surface area contributed by atoms with Crippen LogP contribution in [0.25, 0.3) is 0 Å². The van der Waals surface area contributed by atoms with Crippen LogP contribution in [0.3, 0.4) is 0 Å². The third kappa shape index (κ3) is 4.04. The van der Waals surface area contributed by atoms with Crippen molar-refractivity contribution in [3.05, 3.63) is 65.7 Å². The topological polar surface area (TPSA) is 55.8 Å². The first-order chi connectivity index (χ1) is 12.6. The Hall–Kier alpha value is -2.82. The number of esters is 1. The summed E-state index contributed by atoms with van der Waals surface area (Å²) in [5.74, 6) is -0.704. The molecule has 0 bridgehead atoms. The molecule has 1 aliphatic heterocycles. The van der Waals surface area contributed by atoms with Gasteiger partial charge in [-0.3, -0.25) is 4.90 Å². The molecule has 2 aromatic carbocycles. The van der Waals surface area contributed by atoms with Crippen LogP contribution in [0.2, 0.25) is 0 Å². The Labute approximate surface area is 153 Å². The van der Waals surface area contributed by atoms with Gasteiger partial charge in [-0.15, -0.1) is 0 Å². The van der Waals surface area contributed by atoms with Crippen molar-refractivity contribution in [1.82, 2.24) is 0 Å². The summed E-state index contributed by atoms with van der Waals surface area (Å²) in [5, 5.41) is 0. The van der Waals surface area contributed by atoms with E-state index in [9.17, 15) is 9.59 Å². The zero-order chi connectivity index (χ0) is 18.5. The molecule has 0 N–H and O–H groups in total. The van der Waals surface area contributed by atoms with E-state index in [1.54, 1.807) is 4.90 Å². The second-order valence-electron chi connectivity index (χ2n) is 6.67. The molecule has 136 valence electrons. The second kappa shape index (κ2) is 8.04. The molecule has 1 aliphatic rings. The van der Waals surface area contributed by atoms with Gasteiger partial charge >= 0.3 is 12.1 Å². The van der Waals surface area contributed by atoms with Gasteiger partial charge < -0.3 is 9.47 Å². The van der Waals surface area contributed by atoms with Crippen LogP contribution in [0.1, 0.15) is 25.0 Å². The van der Waals surface area contributed by atoms with Gasteiger partial charge in [0.05, 0.1) is 5.69 Å². The fourth-order valence-corrected chi connectivity index (χ4v) is 2.97. The van der Waals surface area contributed by atoms with Crippen molar-refractivity contribution in [2.45, 2.75) is 33.0 Å². The summed E-state index contributed by atoms with van der Waals surface area (Å²) in [6.45, 7) is 4.38. The standard InChI is InChI=1S/C21H23NO4/c1-15(2)19(20(23)25-14-16-8-4-3-5-9-16)26-21(24)22-13-12-17-10-6-7-11-18(17)22/h3-11,15,19H,12-14H2,1-2H3. The van der Waals surface area contributed by atoms with Crippen LogP contribution in [-0.2, 0) is 27.3 Å². The molecular formula is C21H23NO4. The van der Waals surface area contributed by atoms with Gasteiger partial charge in [-0.05, 0) is 23.6 Å². The average Bonchev–Trinajstić information content (AvgIpc) is 3.09. The zero-order valence-electron chi connectivity index (χ0n) is 15.1. The van der Waals surface area contributed by atoms with Crippen molar-refractivity contribution >= 4 is 17.7 Å². The predicted molar refractivity (Wildman–Crippen MR) is 98.8 cm³/mol. The van der Waals surface area contributed by atoms with Gasteiger partial charge in [-0.1, -0.05) is 62.4 Å².